The fraction of sp³-hybridized carbons (Fsp3) is 0.222. The topological polar surface area (TPSA) is 65.7 Å². The minimum Gasteiger partial charge on any atom is -0.493 e. The number of hydrogen-bond donors (Lipinski definition) is 0. The molecule has 0 aliphatic heterocycles. The van der Waals surface area contributed by atoms with E-state index in [-0.39, 0.29) is 5.56 Å². The molecule has 0 bridgehead atoms. The summed E-state index contributed by atoms with van der Waals surface area (Å²) in [5, 5.41) is 5.36. The lowest BCUT2D eigenvalue weighted by Crippen LogP contribution is -2.22. The van der Waals surface area contributed by atoms with Gasteiger partial charge < -0.3 is 9.47 Å². The fourth-order valence-corrected chi connectivity index (χ4v) is 4.93. The molecule has 6 nitrogen and oxygen atoms in total. The first-order chi connectivity index (χ1) is 17.8. The number of rotatable bonds is 9. The van der Waals surface area contributed by atoms with Crippen molar-refractivity contribution in [2.24, 2.45) is 5.10 Å². The Hall–Kier alpha value is -2.20. The van der Waals surface area contributed by atoms with Crippen LogP contribution in [0, 0.1) is 0 Å². The van der Waals surface area contributed by atoms with Crippen LogP contribution in [0.3, 0.4) is 0 Å². The number of benzene rings is 3. The number of unbranched alkanes of at least 4 members (excludes halogenated alkanes) is 1. The van der Waals surface area contributed by atoms with Crippen molar-refractivity contribution in [2.75, 3.05) is 7.11 Å². The van der Waals surface area contributed by atoms with Gasteiger partial charge in [0.1, 0.15) is 17.5 Å². The monoisotopic (exact) mass is 709 g/mol. The quantitative estimate of drug-likeness (QED) is 0.165. The number of fused-ring (bicyclic) bond motifs is 1. The molecule has 192 valence electrons. The summed E-state index contributed by atoms with van der Waals surface area (Å²) in [6.45, 7) is 2.41. The molecule has 0 saturated carbocycles. The van der Waals surface area contributed by atoms with E-state index in [9.17, 15) is 4.79 Å². The first-order valence-electron chi connectivity index (χ1n) is 11.5. The summed E-state index contributed by atoms with van der Waals surface area (Å²) in [7, 11) is 1.55. The number of halogens is 4. The molecule has 0 atom stereocenters. The van der Waals surface area contributed by atoms with E-state index >= 15 is 0 Å². The van der Waals surface area contributed by atoms with Gasteiger partial charge >= 0.3 is 0 Å². The van der Waals surface area contributed by atoms with Gasteiger partial charge in [-0.3, -0.25) is 4.79 Å². The molecule has 0 fully saturated rings. The molecule has 37 heavy (non-hydrogen) atoms. The Kier molecular flexibility index (Phi) is 9.45. The predicted octanol–water partition coefficient (Wildman–Crippen LogP) is 8.15. The Labute approximate surface area is 245 Å². The Morgan fingerprint density at radius 1 is 1.08 bits per heavy atom. The Morgan fingerprint density at radius 3 is 2.51 bits per heavy atom. The maximum absolute atomic E-state index is 13.4. The van der Waals surface area contributed by atoms with Gasteiger partial charge in [-0.15, -0.1) is 0 Å². The van der Waals surface area contributed by atoms with Gasteiger partial charge in [0.2, 0.25) is 0 Å². The van der Waals surface area contributed by atoms with Crippen molar-refractivity contribution >= 4 is 76.5 Å². The molecule has 0 unspecified atom stereocenters. The molecule has 0 spiro atoms. The van der Waals surface area contributed by atoms with Gasteiger partial charge in [-0.25, -0.2) is 4.98 Å². The highest BCUT2D eigenvalue weighted by atomic mass is 79.9. The highest BCUT2D eigenvalue weighted by Gasteiger charge is 2.18. The standard InChI is InChI=1S/C27H23Br3ClN3O3/c1-3-4-5-23-33-21-11-10-19(29)13-20(21)27(35)34(23)32-14-17-12-22(36-2)26(25(31)24(17)30)37-15-16-6-8-18(28)9-7-16/h6-14H,3-5,15H2,1-2H3. The van der Waals surface area contributed by atoms with Crippen LogP contribution in [0.5, 0.6) is 11.5 Å². The zero-order valence-corrected chi connectivity index (χ0v) is 25.6. The van der Waals surface area contributed by atoms with Crippen molar-refractivity contribution in [1.29, 1.82) is 0 Å². The highest BCUT2D eigenvalue weighted by molar-refractivity contribution is 9.11. The van der Waals surface area contributed by atoms with Gasteiger partial charge in [0, 0.05) is 25.4 Å². The van der Waals surface area contributed by atoms with Gasteiger partial charge in [0.25, 0.3) is 5.56 Å². The molecule has 1 aromatic heterocycles. The predicted molar refractivity (Wildman–Crippen MR) is 159 cm³/mol. The lowest BCUT2D eigenvalue weighted by Gasteiger charge is -2.15. The van der Waals surface area contributed by atoms with E-state index < -0.39 is 0 Å². The zero-order chi connectivity index (χ0) is 26.5. The summed E-state index contributed by atoms with van der Waals surface area (Å²) in [6, 6.07) is 15.0. The number of aromatic nitrogens is 2. The zero-order valence-electron chi connectivity index (χ0n) is 20.1. The average Bonchev–Trinajstić information content (AvgIpc) is 2.90. The van der Waals surface area contributed by atoms with Gasteiger partial charge in [0.15, 0.2) is 11.5 Å². The molecule has 0 N–H and O–H groups in total. The first kappa shape index (κ1) is 27.8. The van der Waals surface area contributed by atoms with Crippen LogP contribution in [0.15, 0.2) is 71.8 Å². The Balaban J connectivity index is 1.71. The van der Waals surface area contributed by atoms with E-state index in [1.54, 1.807) is 25.5 Å². The van der Waals surface area contributed by atoms with Crippen molar-refractivity contribution in [2.45, 2.75) is 32.8 Å². The molecule has 0 saturated heterocycles. The molecular weight excluding hydrogens is 689 g/mol. The summed E-state index contributed by atoms with van der Waals surface area (Å²) in [4.78, 5) is 18.1. The normalized spacial score (nSPS) is 11.4. The molecule has 10 heteroatoms. The van der Waals surface area contributed by atoms with E-state index in [1.165, 1.54) is 4.68 Å². The summed E-state index contributed by atoms with van der Waals surface area (Å²) in [5.41, 5.74) is 2.01. The number of nitrogens with zero attached hydrogens (tertiary/aromatic N) is 3. The van der Waals surface area contributed by atoms with Crippen LogP contribution in [0.2, 0.25) is 5.02 Å². The maximum Gasteiger partial charge on any atom is 0.282 e. The van der Waals surface area contributed by atoms with Crippen LogP contribution in [0.4, 0.5) is 0 Å². The summed E-state index contributed by atoms with van der Waals surface area (Å²) >= 11 is 17.1. The smallest absolute Gasteiger partial charge is 0.282 e. The lowest BCUT2D eigenvalue weighted by molar-refractivity contribution is 0.284. The van der Waals surface area contributed by atoms with E-state index in [1.807, 2.05) is 36.4 Å². The van der Waals surface area contributed by atoms with Gasteiger partial charge in [-0.2, -0.15) is 9.78 Å². The van der Waals surface area contributed by atoms with Crippen LogP contribution in [0.1, 0.15) is 36.7 Å². The third kappa shape index (κ3) is 6.45. The van der Waals surface area contributed by atoms with Crippen molar-refractivity contribution < 1.29 is 9.47 Å². The molecule has 0 amide bonds. The third-order valence-corrected chi connectivity index (χ3v) is 8.08. The summed E-state index contributed by atoms with van der Waals surface area (Å²) in [6.07, 6.45) is 4.05. The van der Waals surface area contributed by atoms with E-state index in [0.717, 1.165) is 27.4 Å². The molecule has 1 heterocycles. The fourth-order valence-electron chi connectivity index (χ4n) is 3.65. The van der Waals surface area contributed by atoms with Gasteiger partial charge in [0.05, 0.1) is 24.2 Å². The second kappa shape index (κ2) is 12.6. The van der Waals surface area contributed by atoms with E-state index in [0.29, 0.717) is 56.3 Å². The number of methoxy groups -OCH3 is 1. The Morgan fingerprint density at radius 2 is 1.81 bits per heavy atom. The molecular formula is C27H23Br3ClN3O3. The minimum absolute atomic E-state index is 0.239. The largest absolute Gasteiger partial charge is 0.493 e. The van der Waals surface area contributed by atoms with Crippen molar-refractivity contribution in [1.82, 2.24) is 9.66 Å². The third-order valence-electron chi connectivity index (χ3n) is 5.61. The van der Waals surface area contributed by atoms with E-state index in [4.69, 9.17) is 26.1 Å². The first-order valence-corrected chi connectivity index (χ1v) is 14.3. The van der Waals surface area contributed by atoms with Crippen LogP contribution in [-0.4, -0.2) is 23.0 Å². The van der Waals surface area contributed by atoms with Crippen molar-refractivity contribution in [3.05, 3.63) is 94.3 Å². The molecule has 0 radical (unpaired) electrons. The van der Waals surface area contributed by atoms with Crippen LogP contribution in [0.25, 0.3) is 10.9 Å². The van der Waals surface area contributed by atoms with Crippen molar-refractivity contribution in [3.63, 3.8) is 0 Å². The van der Waals surface area contributed by atoms with Crippen LogP contribution in [-0.2, 0) is 13.0 Å². The van der Waals surface area contributed by atoms with E-state index in [2.05, 4.69) is 59.8 Å². The maximum atomic E-state index is 13.4. The molecule has 4 rings (SSSR count). The number of aryl methyl sites for hydroxylation is 1. The summed E-state index contributed by atoms with van der Waals surface area (Å²) in [5.74, 6) is 1.46. The second-order valence-electron chi connectivity index (χ2n) is 8.19. The summed E-state index contributed by atoms with van der Waals surface area (Å²) < 4.78 is 15.3. The number of ether oxygens (including phenoxy) is 2. The number of hydrogen-bond acceptors (Lipinski definition) is 5. The van der Waals surface area contributed by atoms with Crippen molar-refractivity contribution in [3.8, 4) is 11.5 Å². The Bertz CT molecular complexity index is 1520. The average molecular weight is 713 g/mol. The highest BCUT2D eigenvalue weighted by Crippen LogP contribution is 2.42. The van der Waals surface area contributed by atoms with Gasteiger partial charge in [-0.05, 0) is 64.3 Å². The minimum atomic E-state index is -0.239. The lowest BCUT2D eigenvalue weighted by atomic mass is 10.2. The molecule has 4 aromatic rings. The molecule has 0 aliphatic rings. The van der Waals surface area contributed by atoms with Crippen LogP contribution < -0.4 is 15.0 Å². The second-order valence-corrected chi connectivity index (χ2v) is 11.2. The van der Waals surface area contributed by atoms with Crippen LogP contribution >= 0.6 is 59.4 Å². The molecule has 3 aromatic carbocycles. The molecule has 0 aliphatic carbocycles. The SMILES string of the molecule is CCCCc1nc2ccc(Br)cc2c(=O)n1N=Cc1cc(OC)c(OCc2ccc(Br)cc2)c(Cl)c1Br. The van der Waals surface area contributed by atoms with Gasteiger partial charge in [-0.1, -0.05) is 68.9 Å².